The lowest BCUT2D eigenvalue weighted by molar-refractivity contribution is -0.139. The third-order valence-electron chi connectivity index (χ3n) is 5.75. The normalized spacial score (nSPS) is 16.0. The van der Waals surface area contributed by atoms with Crippen molar-refractivity contribution in [2.24, 2.45) is 5.92 Å². The fraction of sp³-hybridized carbons (Fsp3) is 0.682. The minimum Gasteiger partial charge on any atom is -0.481 e. The van der Waals surface area contributed by atoms with Crippen LogP contribution in [-0.4, -0.2) is 31.6 Å². The Bertz CT molecular complexity index is 565. The zero-order chi connectivity index (χ0) is 20.7. The van der Waals surface area contributed by atoms with Crippen molar-refractivity contribution in [2.75, 3.05) is 0 Å². The van der Waals surface area contributed by atoms with Crippen molar-refractivity contribution >= 4 is 14.3 Å². The summed E-state index contributed by atoms with van der Waals surface area (Å²) in [6.45, 7) is 15.7. The molecule has 4 nitrogen and oxygen atoms in total. The van der Waals surface area contributed by atoms with Crippen LogP contribution in [-0.2, 0) is 20.6 Å². The standard InChI is InChI=1S/C22H38O4Si/c1-8-17(2)20(25-16-18-12-10-9-11-13-18)14-19(15-21(23)24)26-27(6,7)22(3,4)5/h9-13,17,19-20H,8,14-16H2,1-7H3,(H,23,24)/t17-,19-,20-/m0/s1. The second-order valence-electron chi connectivity index (χ2n) is 9.05. The lowest BCUT2D eigenvalue weighted by Crippen LogP contribution is -2.45. The van der Waals surface area contributed by atoms with Gasteiger partial charge in [-0.15, -0.1) is 0 Å². The molecule has 1 aromatic rings. The van der Waals surface area contributed by atoms with Gasteiger partial charge in [0.25, 0.3) is 0 Å². The summed E-state index contributed by atoms with van der Waals surface area (Å²) in [6, 6.07) is 10.1. The molecule has 5 heteroatoms. The van der Waals surface area contributed by atoms with Gasteiger partial charge in [-0.25, -0.2) is 0 Å². The Labute approximate surface area is 166 Å². The Kier molecular flexibility index (Phi) is 9.19. The molecule has 0 saturated carbocycles. The molecule has 0 spiro atoms. The second kappa shape index (κ2) is 10.4. The molecule has 0 saturated heterocycles. The van der Waals surface area contributed by atoms with Gasteiger partial charge in [0.15, 0.2) is 8.32 Å². The van der Waals surface area contributed by atoms with Crippen LogP contribution in [0, 0.1) is 5.92 Å². The number of aliphatic carboxylic acids is 1. The average Bonchev–Trinajstić information content (AvgIpc) is 2.56. The zero-order valence-electron chi connectivity index (χ0n) is 18.1. The molecule has 0 radical (unpaired) electrons. The van der Waals surface area contributed by atoms with E-state index in [0.717, 1.165) is 12.0 Å². The van der Waals surface area contributed by atoms with Gasteiger partial charge < -0.3 is 14.3 Å². The number of hydrogen-bond donors (Lipinski definition) is 1. The van der Waals surface area contributed by atoms with Crippen LogP contribution in [0.5, 0.6) is 0 Å². The fourth-order valence-electron chi connectivity index (χ4n) is 2.73. The predicted molar refractivity (Wildman–Crippen MR) is 113 cm³/mol. The van der Waals surface area contributed by atoms with Crippen LogP contribution < -0.4 is 0 Å². The first kappa shape index (κ1) is 23.9. The van der Waals surface area contributed by atoms with Crippen LogP contribution in [0.2, 0.25) is 18.1 Å². The van der Waals surface area contributed by atoms with E-state index in [1.165, 1.54) is 0 Å². The summed E-state index contributed by atoms with van der Waals surface area (Å²) in [5.74, 6) is -0.474. The number of benzene rings is 1. The Morgan fingerprint density at radius 1 is 1.19 bits per heavy atom. The van der Waals surface area contributed by atoms with E-state index in [-0.39, 0.29) is 23.7 Å². The molecule has 1 aromatic carbocycles. The summed E-state index contributed by atoms with van der Waals surface area (Å²) in [7, 11) is -2.05. The molecule has 1 rings (SSSR count). The monoisotopic (exact) mass is 394 g/mol. The van der Waals surface area contributed by atoms with Gasteiger partial charge in [-0.05, 0) is 36.0 Å². The molecule has 0 fully saturated rings. The van der Waals surface area contributed by atoms with E-state index >= 15 is 0 Å². The molecule has 27 heavy (non-hydrogen) atoms. The molecule has 0 amide bonds. The molecule has 1 N–H and O–H groups in total. The van der Waals surface area contributed by atoms with Crippen molar-refractivity contribution in [3.8, 4) is 0 Å². The number of ether oxygens (including phenoxy) is 1. The Morgan fingerprint density at radius 3 is 2.26 bits per heavy atom. The highest BCUT2D eigenvalue weighted by atomic mass is 28.4. The van der Waals surface area contributed by atoms with Crippen LogP contribution in [0.25, 0.3) is 0 Å². The van der Waals surface area contributed by atoms with Gasteiger partial charge in [0.05, 0.1) is 25.2 Å². The smallest absolute Gasteiger partial charge is 0.305 e. The lowest BCUT2D eigenvalue weighted by Gasteiger charge is -2.40. The number of carboxylic acid groups (broad SMARTS) is 1. The third kappa shape index (κ3) is 8.16. The van der Waals surface area contributed by atoms with Gasteiger partial charge >= 0.3 is 5.97 Å². The summed E-state index contributed by atoms with van der Waals surface area (Å²) < 4.78 is 12.7. The summed E-state index contributed by atoms with van der Waals surface area (Å²) in [5, 5.41) is 9.44. The minimum atomic E-state index is -2.05. The van der Waals surface area contributed by atoms with E-state index in [1.54, 1.807) is 0 Å². The van der Waals surface area contributed by atoms with E-state index in [2.05, 4.69) is 59.8 Å². The van der Waals surface area contributed by atoms with Gasteiger partial charge in [0.2, 0.25) is 0 Å². The molecule has 0 aliphatic carbocycles. The lowest BCUT2D eigenvalue weighted by atomic mass is 9.95. The quantitative estimate of drug-likeness (QED) is 0.477. The summed E-state index contributed by atoms with van der Waals surface area (Å²) >= 11 is 0. The van der Waals surface area contributed by atoms with Crippen molar-refractivity contribution in [1.29, 1.82) is 0 Å². The van der Waals surface area contributed by atoms with E-state index < -0.39 is 14.3 Å². The molecule has 0 aliphatic rings. The van der Waals surface area contributed by atoms with Crippen LogP contribution in [0.3, 0.4) is 0 Å². The van der Waals surface area contributed by atoms with Gasteiger partial charge in [0.1, 0.15) is 0 Å². The molecule has 154 valence electrons. The van der Waals surface area contributed by atoms with Gasteiger partial charge in [0, 0.05) is 0 Å². The minimum absolute atomic E-state index is 0.0220. The molecule has 0 unspecified atom stereocenters. The highest BCUT2D eigenvalue weighted by Gasteiger charge is 2.40. The first-order valence-electron chi connectivity index (χ1n) is 10.0. The highest BCUT2D eigenvalue weighted by molar-refractivity contribution is 6.74. The summed E-state index contributed by atoms with van der Waals surface area (Å²) in [4.78, 5) is 11.4. The molecular weight excluding hydrogens is 356 g/mol. The highest BCUT2D eigenvalue weighted by Crippen LogP contribution is 2.38. The molecule has 0 aromatic heterocycles. The SMILES string of the molecule is CC[C@H](C)[C@H](C[C@@H](CC(=O)O)O[Si](C)(C)C(C)(C)C)OCc1ccccc1. The van der Waals surface area contributed by atoms with Gasteiger partial charge in [-0.3, -0.25) is 4.79 Å². The Morgan fingerprint density at radius 2 is 1.78 bits per heavy atom. The van der Waals surface area contributed by atoms with E-state index in [4.69, 9.17) is 9.16 Å². The van der Waals surface area contributed by atoms with Crippen molar-refractivity contribution in [2.45, 2.75) is 90.8 Å². The molecule has 0 aliphatic heterocycles. The largest absolute Gasteiger partial charge is 0.481 e. The number of rotatable bonds is 11. The predicted octanol–water partition coefficient (Wildman–Crippen LogP) is 5.87. The number of carboxylic acids is 1. The maximum Gasteiger partial charge on any atom is 0.305 e. The first-order chi connectivity index (χ1) is 12.5. The number of hydrogen-bond acceptors (Lipinski definition) is 3. The van der Waals surface area contributed by atoms with Crippen molar-refractivity contribution in [3.05, 3.63) is 35.9 Å². The van der Waals surface area contributed by atoms with Crippen molar-refractivity contribution in [3.63, 3.8) is 0 Å². The summed E-state index contributed by atoms with van der Waals surface area (Å²) in [6.07, 6.45) is 1.27. The van der Waals surface area contributed by atoms with E-state index in [9.17, 15) is 9.90 Å². The van der Waals surface area contributed by atoms with Gasteiger partial charge in [-0.1, -0.05) is 71.4 Å². The molecule has 0 bridgehead atoms. The Hall–Kier alpha value is -1.17. The molecule has 3 atom stereocenters. The summed E-state index contributed by atoms with van der Waals surface area (Å²) in [5.41, 5.74) is 1.13. The maximum atomic E-state index is 11.4. The van der Waals surface area contributed by atoms with Crippen molar-refractivity contribution in [1.82, 2.24) is 0 Å². The zero-order valence-corrected chi connectivity index (χ0v) is 19.1. The Balaban J connectivity index is 2.88. The first-order valence-corrected chi connectivity index (χ1v) is 12.9. The van der Waals surface area contributed by atoms with Crippen LogP contribution in [0.1, 0.15) is 59.4 Å². The average molecular weight is 395 g/mol. The third-order valence-corrected chi connectivity index (χ3v) is 10.3. The van der Waals surface area contributed by atoms with E-state index in [0.29, 0.717) is 18.9 Å². The fourth-order valence-corrected chi connectivity index (χ4v) is 4.09. The van der Waals surface area contributed by atoms with Gasteiger partial charge in [-0.2, -0.15) is 0 Å². The van der Waals surface area contributed by atoms with Crippen molar-refractivity contribution < 1.29 is 19.1 Å². The van der Waals surface area contributed by atoms with E-state index in [1.807, 2.05) is 18.2 Å². The molecular formula is C22H38O4Si. The molecule has 0 heterocycles. The second-order valence-corrected chi connectivity index (χ2v) is 13.8. The topological polar surface area (TPSA) is 55.8 Å². The maximum absolute atomic E-state index is 11.4. The van der Waals surface area contributed by atoms with Crippen LogP contribution in [0.4, 0.5) is 0 Å². The number of carbonyl (C=O) groups is 1. The van der Waals surface area contributed by atoms with Crippen LogP contribution >= 0.6 is 0 Å². The van der Waals surface area contributed by atoms with Crippen LogP contribution in [0.15, 0.2) is 30.3 Å².